The monoisotopic (exact) mass is 326 g/mol. The summed E-state index contributed by atoms with van der Waals surface area (Å²) in [5.41, 5.74) is 0. The smallest absolute Gasteiger partial charge is 0.330 e. The molecule has 0 unspecified atom stereocenters. The van der Waals surface area contributed by atoms with E-state index in [4.69, 9.17) is 18.9 Å². The molecule has 1 aliphatic carbocycles. The van der Waals surface area contributed by atoms with Gasteiger partial charge in [0, 0.05) is 18.9 Å². The Bertz CT molecular complexity index is 479. The van der Waals surface area contributed by atoms with Crippen molar-refractivity contribution in [3.63, 3.8) is 0 Å². The van der Waals surface area contributed by atoms with Crippen LogP contribution in [0.3, 0.4) is 0 Å². The topological polar surface area (TPSA) is 63.2 Å². The van der Waals surface area contributed by atoms with Crippen LogP contribution >= 0.6 is 0 Å². The Morgan fingerprint density at radius 1 is 1.09 bits per heavy atom. The molecule has 0 aromatic heterocycles. The number of esters is 1. The van der Waals surface area contributed by atoms with Gasteiger partial charge in [-0.15, -0.1) is 0 Å². The first-order valence-corrected chi connectivity index (χ1v) is 8.32. The van der Waals surface area contributed by atoms with Crippen molar-refractivity contribution in [2.24, 2.45) is 0 Å². The lowest BCUT2D eigenvalue weighted by atomic mass is 9.96. The van der Waals surface area contributed by atoms with Crippen LogP contribution in [0.15, 0.2) is 12.2 Å². The highest BCUT2D eigenvalue weighted by atomic mass is 16.8. The largest absolute Gasteiger partial charge is 0.466 e. The van der Waals surface area contributed by atoms with E-state index in [1.54, 1.807) is 6.08 Å². The number of hydrogen-bond donors (Lipinski definition) is 0. The molecule has 130 valence electrons. The molecular weight excluding hydrogens is 300 g/mol. The molecule has 0 radical (unpaired) electrons. The summed E-state index contributed by atoms with van der Waals surface area (Å²) in [6, 6.07) is 0. The maximum atomic E-state index is 11.5. The molecule has 3 rings (SSSR count). The Hall–Kier alpha value is -0.950. The van der Waals surface area contributed by atoms with Gasteiger partial charge in [-0.05, 0) is 39.7 Å². The Morgan fingerprint density at radius 2 is 1.78 bits per heavy atom. The Morgan fingerprint density at radius 3 is 2.43 bits per heavy atom. The van der Waals surface area contributed by atoms with Crippen molar-refractivity contribution >= 4 is 5.97 Å². The van der Waals surface area contributed by atoms with Gasteiger partial charge in [-0.2, -0.15) is 0 Å². The summed E-state index contributed by atoms with van der Waals surface area (Å²) in [5.74, 6) is -1.71. The van der Waals surface area contributed by atoms with E-state index >= 15 is 0 Å². The molecule has 1 saturated carbocycles. The van der Waals surface area contributed by atoms with Crippen molar-refractivity contribution < 1.29 is 28.5 Å². The fourth-order valence-electron chi connectivity index (χ4n) is 3.75. The van der Waals surface area contributed by atoms with Gasteiger partial charge < -0.3 is 23.7 Å². The van der Waals surface area contributed by atoms with Gasteiger partial charge in [-0.1, -0.05) is 0 Å². The first-order valence-electron chi connectivity index (χ1n) is 8.32. The predicted molar refractivity (Wildman–Crippen MR) is 81.6 cm³/mol. The van der Waals surface area contributed by atoms with Crippen molar-refractivity contribution in [3.05, 3.63) is 12.2 Å². The normalized spacial score (nSPS) is 38.6. The van der Waals surface area contributed by atoms with Crippen LogP contribution in [0.25, 0.3) is 0 Å². The molecule has 0 aromatic rings. The molecule has 6 nitrogen and oxygen atoms in total. The molecule has 3 aliphatic rings. The van der Waals surface area contributed by atoms with E-state index in [-0.39, 0.29) is 24.4 Å². The van der Waals surface area contributed by atoms with Crippen molar-refractivity contribution in [1.29, 1.82) is 0 Å². The van der Waals surface area contributed by atoms with Crippen LogP contribution in [0.4, 0.5) is 0 Å². The second-order valence-electron chi connectivity index (χ2n) is 6.97. The van der Waals surface area contributed by atoms with Gasteiger partial charge in [0.15, 0.2) is 11.6 Å². The maximum absolute atomic E-state index is 11.5. The zero-order valence-electron chi connectivity index (χ0n) is 14.2. The summed E-state index contributed by atoms with van der Waals surface area (Å²) in [7, 11) is 1.36. The summed E-state index contributed by atoms with van der Waals surface area (Å²) in [5, 5.41) is 0. The quantitative estimate of drug-likeness (QED) is 0.573. The van der Waals surface area contributed by atoms with E-state index in [0.717, 1.165) is 25.7 Å². The van der Waals surface area contributed by atoms with Crippen molar-refractivity contribution in [1.82, 2.24) is 0 Å². The zero-order chi connectivity index (χ0) is 16.7. The molecule has 0 bridgehead atoms. The number of rotatable bonds is 2. The van der Waals surface area contributed by atoms with Crippen molar-refractivity contribution in [2.45, 2.75) is 82.4 Å². The molecule has 3 fully saturated rings. The van der Waals surface area contributed by atoms with Crippen LogP contribution in [0.1, 0.15) is 46.5 Å². The minimum atomic E-state index is -0.717. The summed E-state index contributed by atoms with van der Waals surface area (Å²) in [6.45, 7) is 5.75. The minimum absolute atomic E-state index is 0.112. The van der Waals surface area contributed by atoms with E-state index in [0.29, 0.717) is 0 Å². The molecule has 2 aliphatic heterocycles. The highest BCUT2D eigenvalue weighted by Gasteiger charge is 2.55. The molecule has 4 atom stereocenters. The molecule has 0 aromatic carbocycles. The molecule has 2 heterocycles. The lowest BCUT2D eigenvalue weighted by Crippen LogP contribution is -2.65. The van der Waals surface area contributed by atoms with Gasteiger partial charge in [-0.3, -0.25) is 0 Å². The third kappa shape index (κ3) is 3.45. The van der Waals surface area contributed by atoms with Gasteiger partial charge in [0.1, 0.15) is 18.3 Å². The van der Waals surface area contributed by atoms with E-state index in [1.807, 2.05) is 20.8 Å². The number of methoxy groups -OCH3 is 1. The second kappa shape index (κ2) is 6.16. The highest BCUT2D eigenvalue weighted by Crippen LogP contribution is 2.45. The molecular formula is C17H26O6. The van der Waals surface area contributed by atoms with Crippen LogP contribution < -0.4 is 0 Å². The average molecular weight is 326 g/mol. The molecule has 2 saturated heterocycles. The van der Waals surface area contributed by atoms with Gasteiger partial charge in [0.05, 0.1) is 13.2 Å². The lowest BCUT2D eigenvalue weighted by molar-refractivity contribution is -0.421. The van der Waals surface area contributed by atoms with Gasteiger partial charge in [-0.25, -0.2) is 4.79 Å². The van der Waals surface area contributed by atoms with Gasteiger partial charge in [0.25, 0.3) is 0 Å². The van der Waals surface area contributed by atoms with Crippen LogP contribution in [0.5, 0.6) is 0 Å². The highest BCUT2D eigenvalue weighted by molar-refractivity contribution is 5.81. The molecule has 6 heteroatoms. The van der Waals surface area contributed by atoms with Crippen LogP contribution in [-0.4, -0.2) is 49.1 Å². The van der Waals surface area contributed by atoms with Crippen molar-refractivity contribution in [2.75, 3.05) is 7.11 Å². The first kappa shape index (κ1) is 16.9. The SMILES string of the molecule is COC(=O)/C=C\[C@@H]1OC2(CCCC2)O[C@H]2[C@@H]1OC(C)(C)O[C@@H]2C. The van der Waals surface area contributed by atoms with Crippen molar-refractivity contribution in [3.8, 4) is 0 Å². The number of carbonyl (C=O) groups is 1. The summed E-state index contributed by atoms with van der Waals surface area (Å²) in [4.78, 5) is 11.5. The number of ether oxygens (including phenoxy) is 5. The van der Waals surface area contributed by atoms with Gasteiger partial charge in [0.2, 0.25) is 0 Å². The zero-order valence-corrected chi connectivity index (χ0v) is 14.2. The van der Waals surface area contributed by atoms with E-state index in [9.17, 15) is 4.79 Å². The second-order valence-corrected chi connectivity index (χ2v) is 6.97. The van der Waals surface area contributed by atoms with E-state index in [1.165, 1.54) is 13.2 Å². The average Bonchev–Trinajstić information content (AvgIpc) is 2.93. The maximum Gasteiger partial charge on any atom is 0.330 e. The Balaban J connectivity index is 1.86. The summed E-state index contributed by atoms with van der Waals surface area (Å²) >= 11 is 0. The van der Waals surface area contributed by atoms with E-state index < -0.39 is 17.5 Å². The Labute approximate surface area is 137 Å². The summed E-state index contributed by atoms with van der Waals surface area (Å²) < 4.78 is 29.2. The molecule has 1 spiro atoms. The molecule has 23 heavy (non-hydrogen) atoms. The number of carbonyl (C=O) groups excluding carboxylic acids is 1. The standard InChI is InChI=1S/C17H26O6/c1-11-14-15(22-16(2,3)20-11)12(7-8-13(18)19-4)21-17(23-14)9-5-6-10-17/h7-8,11-12,14-15H,5-6,9-10H2,1-4H3/b8-7-/t11-,12+,14-,15-/m1/s1. The summed E-state index contributed by atoms with van der Waals surface area (Å²) in [6.07, 6.45) is 5.97. The third-order valence-electron chi connectivity index (χ3n) is 4.69. The lowest BCUT2D eigenvalue weighted by Gasteiger charge is -2.53. The predicted octanol–water partition coefficient (Wildman–Crippen LogP) is 2.31. The Kier molecular flexibility index (Phi) is 4.53. The van der Waals surface area contributed by atoms with Crippen LogP contribution in [0, 0.1) is 0 Å². The van der Waals surface area contributed by atoms with Crippen LogP contribution in [0.2, 0.25) is 0 Å². The molecule has 0 N–H and O–H groups in total. The number of hydrogen-bond acceptors (Lipinski definition) is 6. The van der Waals surface area contributed by atoms with Gasteiger partial charge >= 0.3 is 5.97 Å². The van der Waals surface area contributed by atoms with E-state index in [2.05, 4.69) is 4.74 Å². The molecule has 0 amide bonds. The van der Waals surface area contributed by atoms with Crippen LogP contribution in [-0.2, 0) is 28.5 Å². The first-order chi connectivity index (χ1) is 10.8. The fourth-order valence-corrected chi connectivity index (χ4v) is 3.75. The minimum Gasteiger partial charge on any atom is -0.466 e. The third-order valence-corrected chi connectivity index (χ3v) is 4.69. The fraction of sp³-hybridized carbons (Fsp3) is 0.824. The number of fused-ring (bicyclic) bond motifs is 1.